The zero-order valence-corrected chi connectivity index (χ0v) is 15.2. The van der Waals surface area contributed by atoms with Crippen molar-refractivity contribution >= 4 is 17.6 Å². The molecule has 0 atom stereocenters. The summed E-state index contributed by atoms with van der Waals surface area (Å²) in [7, 11) is 3.06. The molecule has 2 aromatic carbocycles. The number of carboxylic acid groups (broad SMARTS) is 1. The second-order valence-electron chi connectivity index (χ2n) is 5.83. The number of benzene rings is 2. The van der Waals surface area contributed by atoms with Crippen molar-refractivity contribution in [1.82, 2.24) is 10.1 Å². The van der Waals surface area contributed by atoms with Gasteiger partial charge in [0.15, 0.2) is 11.5 Å². The van der Waals surface area contributed by atoms with Crippen molar-refractivity contribution in [2.75, 3.05) is 14.2 Å². The standard InChI is InChI=1S/C20H18N2O6/c1-26-16-7-6-13(10-17(16)27-2)19-21-20(28-22-19)14(11-18(24)25)8-12-4-3-5-15(23)9-12/h3-10,23H,11H2,1-2H3,(H,24,25)/b14-8+. The zero-order chi connectivity index (χ0) is 20.1. The van der Waals surface area contributed by atoms with E-state index < -0.39 is 5.97 Å². The van der Waals surface area contributed by atoms with Gasteiger partial charge >= 0.3 is 5.97 Å². The molecule has 0 fully saturated rings. The van der Waals surface area contributed by atoms with E-state index in [0.29, 0.717) is 28.2 Å². The van der Waals surface area contributed by atoms with Gasteiger partial charge in [-0.2, -0.15) is 4.98 Å². The van der Waals surface area contributed by atoms with Crippen LogP contribution in [0, 0.1) is 0 Å². The molecule has 0 unspecified atom stereocenters. The minimum absolute atomic E-state index is 0.0694. The lowest BCUT2D eigenvalue weighted by molar-refractivity contribution is -0.135. The number of nitrogens with zero attached hydrogens (tertiary/aromatic N) is 2. The van der Waals surface area contributed by atoms with Gasteiger partial charge in [-0.1, -0.05) is 17.3 Å². The average molecular weight is 382 g/mol. The van der Waals surface area contributed by atoms with Crippen LogP contribution in [-0.2, 0) is 4.79 Å². The number of phenols is 1. The van der Waals surface area contributed by atoms with Gasteiger partial charge in [-0.3, -0.25) is 4.79 Å². The lowest BCUT2D eigenvalue weighted by atomic mass is 10.1. The van der Waals surface area contributed by atoms with Gasteiger partial charge < -0.3 is 24.2 Å². The van der Waals surface area contributed by atoms with E-state index in [1.807, 2.05) is 0 Å². The first-order chi connectivity index (χ1) is 13.5. The number of carbonyl (C=O) groups is 1. The molecule has 144 valence electrons. The number of rotatable bonds is 7. The third kappa shape index (κ3) is 4.29. The molecule has 8 heteroatoms. The van der Waals surface area contributed by atoms with E-state index in [1.54, 1.807) is 36.4 Å². The summed E-state index contributed by atoms with van der Waals surface area (Å²) >= 11 is 0. The number of aliphatic carboxylic acids is 1. The minimum Gasteiger partial charge on any atom is -0.508 e. The summed E-state index contributed by atoms with van der Waals surface area (Å²) in [6.07, 6.45) is 1.27. The molecule has 0 aliphatic heterocycles. The fraction of sp³-hybridized carbons (Fsp3) is 0.150. The lowest BCUT2D eigenvalue weighted by Gasteiger charge is -2.07. The maximum atomic E-state index is 11.3. The fourth-order valence-corrected chi connectivity index (χ4v) is 2.61. The Kier molecular flexibility index (Phi) is 5.59. The first kappa shape index (κ1) is 19.0. The number of aromatic hydroxyl groups is 1. The summed E-state index contributed by atoms with van der Waals surface area (Å²) in [6.45, 7) is 0. The Morgan fingerprint density at radius 2 is 1.93 bits per heavy atom. The van der Waals surface area contributed by atoms with Gasteiger partial charge in [0.1, 0.15) is 5.75 Å². The van der Waals surface area contributed by atoms with Gasteiger partial charge in [-0.25, -0.2) is 0 Å². The van der Waals surface area contributed by atoms with Crippen LogP contribution < -0.4 is 9.47 Å². The number of methoxy groups -OCH3 is 2. The second kappa shape index (κ2) is 8.26. The number of phenolic OH excluding ortho intramolecular Hbond substituents is 1. The molecule has 1 aromatic heterocycles. The smallest absolute Gasteiger partial charge is 0.308 e. The Hall–Kier alpha value is -3.81. The maximum absolute atomic E-state index is 11.3. The molecule has 0 spiro atoms. The summed E-state index contributed by atoms with van der Waals surface area (Å²) in [5, 5.41) is 22.8. The van der Waals surface area contributed by atoms with E-state index in [4.69, 9.17) is 14.0 Å². The third-order valence-electron chi connectivity index (χ3n) is 3.90. The van der Waals surface area contributed by atoms with Crippen LogP contribution in [0.2, 0.25) is 0 Å². The van der Waals surface area contributed by atoms with E-state index in [9.17, 15) is 15.0 Å². The van der Waals surface area contributed by atoms with Crippen molar-refractivity contribution in [1.29, 1.82) is 0 Å². The van der Waals surface area contributed by atoms with Crippen molar-refractivity contribution < 1.29 is 29.0 Å². The molecule has 0 saturated carbocycles. The monoisotopic (exact) mass is 382 g/mol. The number of ether oxygens (including phenoxy) is 2. The van der Waals surface area contributed by atoms with Gasteiger partial charge in [0, 0.05) is 11.1 Å². The van der Waals surface area contributed by atoms with Crippen LogP contribution in [0.5, 0.6) is 17.2 Å². The van der Waals surface area contributed by atoms with Crippen molar-refractivity contribution in [3.63, 3.8) is 0 Å². The maximum Gasteiger partial charge on any atom is 0.308 e. The fourth-order valence-electron chi connectivity index (χ4n) is 2.61. The first-order valence-corrected chi connectivity index (χ1v) is 8.28. The molecule has 1 heterocycles. The van der Waals surface area contributed by atoms with Crippen molar-refractivity contribution in [2.45, 2.75) is 6.42 Å². The summed E-state index contributed by atoms with van der Waals surface area (Å²) in [6, 6.07) is 11.6. The first-order valence-electron chi connectivity index (χ1n) is 8.28. The molecule has 0 radical (unpaired) electrons. The largest absolute Gasteiger partial charge is 0.508 e. The van der Waals surface area contributed by atoms with E-state index in [2.05, 4.69) is 10.1 Å². The second-order valence-corrected chi connectivity index (χ2v) is 5.83. The van der Waals surface area contributed by atoms with Gasteiger partial charge in [-0.15, -0.1) is 0 Å². The van der Waals surface area contributed by atoms with E-state index >= 15 is 0 Å². The van der Waals surface area contributed by atoms with Gasteiger partial charge in [-0.05, 0) is 42.0 Å². The van der Waals surface area contributed by atoms with Crippen LogP contribution >= 0.6 is 0 Å². The van der Waals surface area contributed by atoms with E-state index in [1.165, 1.54) is 26.4 Å². The summed E-state index contributed by atoms with van der Waals surface area (Å²) < 4.78 is 15.8. The average Bonchev–Trinajstić information content (AvgIpc) is 3.17. The lowest BCUT2D eigenvalue weighted by Crippen LogP contribution is -1.97. The summed E-state index contributed by atoms with van der Waals surface area (Å²) in [5.74, 6) is 0.452. The predicted octanol–water partition coefficient (Wildman–Crippen LogP) is 3.47. The van der Waals surface area contributed by atoms with Crippen LogP contribution in [0.25, 0.3) is 23.0 Å². The molecule has 8 nitrogen and oxygen atoms in total. The Labute approximate surface area is 160 Å². The molecular formula is C20H18N2O6. The SMILES string of the molecule is COc1ccc(-c2noc(/C(=C/c3cccc(O)c3)CC(=O)O)n2)cc1OC. The van der Waals surface area contributed by atoms with Crippen molar-refractivity contribution in [3.8, 4) is 28.6 Å². The Morgan fingerprint density at radius 3 is 2.61 bits per heavy atom. The summed E-state index contributed by atoms with van der Waals surface area (Å²) in [5.41, 5.74) is 1.55. The quantitative estimate of drug-likeness (QED) is 0.638. The molecule has 28 heavy (non-hydrogen) atoms. The highest BCUT2D eigenvalue weighted by Gasteiger charge is 2.17. The molecular weight excluding hydrogens is 364 g/mol. The number of aromatic nitrogens is 2. The van der Waals surface area contributed by atoms with E-state index in [0.717, 1.165) is 0 Å². The van der Waals surface area contributed by atoms with Gasteiger partial charge in [0.05, 0.1) is 20.6 Å². The Balaban J connectivity index is 1.98. The number of hydrogen-bond acceptors (Lipinski definition) is 7. The molecule has 0 aliphatic carbocycles. The molecule has 0 bridgehead atoms. The Bertz CT molecular complexity index is 1030. The highest BCUT2D eigenvalue weighted by atomic mass is 16.5. The molecule has 0 amide bonds. The van der Waals surface area contributed by atoms with Crippen molar-refractivity contribution in [3.05, 3.63) is 53.9 Å². The minimum atomic E-state index is -1.04. The van der Waals surface area contributed by atoms with Gasteiger partial charge in [0.25, 0.3) is 5.89 Å². The van der Waals surface area contributed by atoms with Crippen LogP contribution in [0.4, 0.5) is 0 Å². The summed E-state index contributed by atoms with van der Waals surface area (Å²) in [4.78, 5) is 15.6. The molecule has 0 aliphatic rings. The highest BCUT2D eigenvalue weighted by molar-refractivity contribution is 5.89. The van der Waals surface area contributed by atoms with E-state index in [-0.39, 0.29) is 23.9 Å². The molecule has 3 rings (SSSR count). The third-order valence-corrected chi connectivity index (χ3v) is 3.90. The molecule has 0 saturated heterocycles. The molecule has 3 aromatic rings. The number of carboxylic acids is 1. The van der Waals surface area contributed by atoms with Gasteiger partial charge in [0.2, 0.25) is 5.82 Å². The van der Waals surface area contributed by atoms with Crippen LogP contribution in [0.15, 0.2) is 47.0 Å². The normalized spacial score (nSPS) is 11.3. The Morgan fingerprint density at radius 1 is 1.14 bits per heavy atom. The molecule has 2 N–H and O–H groups in total. The van der Waals surface area contributed by atoms with Crippen molar-refractivity contribution in [2.24, 2.45) is 0 Å². The van der Waals surface area contributed by atoms with Crippen LogP contribution in [0.3, 0.4) is 0 Å². The predicted molar refractivity (Wildman–Crippen MR) is 101 cm³/mol. The zero-order valence-electron chi connectivity index (χ0n) is 15.2. The van der Waals surface area contributed by atoms with Crippen LogP contribution in [-0.4, -0.2) is 40.5 Å². The van der Waals surface area contributed by atoms with Crippen LogP contribution in [0.1, 0.15) is 17.9 Å². The number of hydrogen-bond donors (Lipinski definition) is 2. The highest BCUT2D eigenvalue weighted by Crippen LogP contribution is 2.32. The topological polar surface area (TPSA) is 115 Å².